The highest BCUT2D eigenvalue weighted by atomic mass is 16.5. The number of ketones is 1. The van der Waals surface area contributed by atoms with Crippen LogP contribution in [0.15, 0.2) is 78.9 Å². The second-order valence-electron chi connectivity index (χ2n) is 9.97. The molecule has 0 saturated carbocycles. The van der Waals surface area contributed by atoms with Crippen LogP contribution in [0.5, 0.6) is 17.2 Å². The number of hydrogen-bond donors (Lipinski definition) is 0. The first-order valence-corrected chi connectivity index (χ1v) is 13.1. The van der Waals surface area contributed by atoms with Crippen molar-refractivity contribution < 1.29 is 19.0 Å². The fourth-order valence-corrected chi connectivity index (χ4v) is 4.85. The summed E-state index contributed by atoms with van der Waals surface area (Å²) in [4.78, 5) is 16.1. The number of hydrogen-bond acceptors (Lipinski definition) is 5. The Labute approximate surface area is 226 Å². The summed E-state index contributed by atoms with van der Waals surface area (Å²) in [5, 5.41) is 2.16. The topological polar surface area (TPSA) is 48.0 Å². The zero-order valence-electron chi connectivity index (χ0n) is 23.2. The van der Waals surface area contributed by atoms with Crippen LogP contribution in [0.3, 0.4) is 0 Å². The molecule has 0 N–H and O–H groups in total. The molecule has 0 radical (unpaired) electrons. The maximum Gasteiger partial charge on any atom is 0.193 e. The van der Waals surface area contributed by atoms with Crippen LogP contribution in [-0.2, 0) is 0 Å². The van der Waals surface area contributed by atoms with Crippen LogP contribution in [0.4, 0.5) is 0 Å². The molecule has 5 heteroatoms. The molecular formula is C33H37NO4. The van der Waals surface area contributed by atoms with Crippen molar-refractivity contribution in [1.29, 1.82) is 0 Å². The van der Waals surface area contributed by atoms with Gasteiger partial charge in [0, 0.05) is 29.8 Å². The average Bonchev–Trinajstić information content (AvgIpc) is 2.93. The third-order valence-electron chi connectivity index (χ3n) is 6.89. The molecule has 0 bridgehead atoms. The Kier molecular flexibility index (Phi) is 8.70. The Morgan fingerprint density at radius 3 is 1.95 bits per heavy atom. The molecule has 0 fully saturated rings. The molecule has 0 unspecified atom stereocenters. The molecule has 0 aliphatic rings. The van der Waals surface area contributed by atoms with Gasteiger partial charge in [-0.05, 0) is 110 Å². The molecule has 4 rings (SSSR count). The minimum absolute atomic E-state index is 0.0638. The number of nitrogens with zero attached hydrogens (tertiary/aromatic N) is 1. The molecule has 0 saturated heterocycles. The lowest BCUT2D eigenvalue weighted by atomic mass is 9.92. The minimum Gasteiger partial charge on any atom is -0.497 e. The van der Waals surface area contributed by atoms with Gasteiger partial charge < -0.3 is 14.2 Å². The highest BCUT2D eigenvalue weighted by Crippen LogP contribution is 2.32. The molecule has 4 aromatic rings. The molecule has 0 amide bonds. The van der Waals surface area contributed by atoms with E-state index in [0.29, 0.717) is 35.6 Å². The van der Waals surface area contributed by atoms with E-state index < -0.39 is 0 Å². The van der Waals surface area contributed by atoms with Crippen molar-refractivity contribution in [3.05, 3.63) is 90.0 Å². The van der Waals surface area contributed by atoms with Crippen molar-refractivity contribution in [3.8, 4) is 28.4 Å². The Bertz CT molecular complexity index is 1380. The zero-order chi connectivity index (χ0) is 27.2. The molecular weight excluding hydrogens is 474 g/mol. The molecule has 4 aromatic carbocycles. The van der Waals surface area contributed by atoms with E-state index in [1.807, 2.05) is 66.7 Å². The summed E-state index contributed by atoms with van der Waals surface area (Å²) in [5.74, 6) is 2.15. The van der Waals surface area contributed by atoms with Crippen LogP contribution in [0.25, 0.3) is 21.9 Å². The lowest BCUT2D eigenvalue weighted by Gasteiger charge is -2.30. The van der Waals surface area contributed by atoms with Gasteiger partial charge in [0.15, 0.2) is 5.78 Å². The molecule has 38 heavy (non-hydrogen) atoms. The van der Waals surface area contributed by atoms with E-state index in [4.69, 9.17) is 14.2 Å². The number of methoxy groups -OCH3 is 2. The first-order valence-electron chi connectivity index (χ1n) is 13.1. The molecule has 0 heterocycles. The number of ether oxygens (including phenoxy) is 3. The van der Waals surface area contributed by atoms with Gasteiger partial charge in [0.05, 0.1) is 14.2 Å². The number of fused-ring (bicyclic) bond motifs is 1. The fourth-order valence-electron chi connectivity index (χ4n) is 4.85. The lowest BCUT2D eigenvalue weighted by molar-refractivity contribution is 0.103. The third-order valence-corrected chi connectivity index (χ3v) is 6.89. The van der Waals surface area contributed by atoms with Gasteiger partial charge in [-0.2, -0.15) is 0 Å². The van der Waals surface area contributed by atoms with Crippen LogP contribution in [0.1, 0.15) is 43.6 Å². The SMILES string of the molecule is COc1ccc(-c2ccc3cc(OC)ccc3c2)c(C(=O)c2ccc(OCCN(C(C)C)C(C)C)cc2)c1. The Morgan fingerprint density at radius 1 is 0.711 bits per heavy atom. The van der Waals surface area contributed by atoms with Gasteiger partial charge in [-0.25, -0.2) is 0 Å². The Morgan fingerprint density at radius 2 is 1.29 bits per heavy atom. The van der Waals surface area contributed by atoms with E-state index in [2.05, 4.69) is 44.7 Å². The Hall–Kier alpha value is -3.83. The molecule has 0 aliphatic heterocycles. The molecule has 198 valence electrons. The van der Waals surface area contributed by atoms with Gasteiger partial charge in [0.25, 0.3) is 0 Å². The van der Waals surface area contributed by atoms with E-state index in [-0.39, 0.29) is 5.78 Å². The van der Waals surface area contributed by atoms with Crippen molar-refractivity contribution in [2.24, 2.45) is 0 Å². The van der Waals surface area contributed by atoms with Crippen LogP contribution in [-0.4, -0.2) is 50.1 Å². The van der Waals surface area contributed by atoms with E-state index in [9.17, 15) is 4.79 Å². The van der Waals surface area contributed by atoms with Gasteiger partial charge in [-0.15, -0.1) is 0 Å². The first kappa shape index (κ1) is 27.2. The summed E-state index contributed by atoms with van der Waals surface area (Å²) in [7, 11) is 3.27. The summed E-state index contributed by atoms with van der Waals surface area (Å²) in [6, 6.07) is 26.1. The summed E-state index contributed by atoms with van der Waals surface area (Å²) >= 11 is 0. The van der Waals surface area contributed by atoms with Gasteiger partial charge in [-0.3, -0.25) is 9.69 Å². The lowest BCUT2D eigenvalue weighted by Crippen LogP contribution is -2.39. The smallest absolute Gasteiger partial charge is 0.193 e. The summed E-state index contributed by atoms with van der Waals surface area (Å²) in [6.45, 7) is 10.2. The van der Waals surface area contributed by atoms with Crippen LogP contribution >= 0.6 is 0 Å². The molecule has 0 aromatic heterocycles. The van der Waals surface area contributed by atoms with Crippen molar-refractivity contribution in [3.63, 3.8) is 0 Å². The number of rotatable bonds is 11. The predicted molar refractivity (Wildman–Crippen MR) is 155 cm³/mol. The average molecular weight is 512 g/mol. The molecule has 0 atom stereocenters. The molecule has 0 aliphatic carbocycles. The van der Waals surface area contributed by atoms with Crippen LogP contribution in [0.2, 0.25) is 0 Å². The van der Waals surface area contributed by atoms with Gasteiger partial charge in [0.2, 0.25) is 0 Å². The highest BCUT2D eigenvalue weighted by molar-refractivity contribution is 6.13. The minimum atomic E-state index is -0.0638. The zero-order valence-corrected chi connectivity index (χ0v) is 23.2. The van der Waals surface area contributed by atoms with Crippen LogP contribution < -0.4 is 14.2 Å². The second kappa shape index (κ2) is 12.1. The van der Waals surface area contributed by atoms with Gasteiger partial charge >= 0.3 is 0 Å². The summed E-state index contributed by atoms with van der Waals surface area (Å²) in [5.41, 5.74) is 3.02. The van der Waals surface area contributed by atoms with Crippen molar-refractivity contribution in [2.75, 3.05) is 27.4 Å². The Balaban J connectivity index is 1.57. The number of carbonyl (C=O) groups is 1. The highest BCUT2D eigenvalue weighted by Gasteiger charge is 2.17. The second-order valence-corrected chi connectivity index (χ2v) is 9.97. The van der Waals surface area contributed by atoms with Gasteiger partial charge in [-0.1, -0.05) is 18.2 Å². The maximum absolute atomic E-state index is 13.7. The normalized spacial score (nSPS) is 11.4. The number of benzene rings is 4. The largest absolute Gasteiger partial charge is 0.497 e. The maximum atomic E-state index is 13.7. The van der Waals surface area contributed by atoms with E-state index >= 15 is 0 Å². The summed E-state index contributed by atoms with van der Waals surface area (Å²) in [6.07, 6.45) is 0. The standard InChI is InChI=1S/C33H37NO4/c1-22(2)34(23(3)4)17-18-38-28-12-9-24(10-13-28)33(35)32-21-30(37-6)15-16-31(32)27-8-7-26-20-29(36-5)14-11-25(26)19-27/h7-16,19-23H,17-18H2,1-6H3. The van der Waals surface area contributed by atoms with Gasteiger partial charge in [0.1, 0.15) is 23.9 Å². The predicted octanol–water partition coefficient (Wildman–Crippen LogP) is 7.25. The third kappa shape index (κ3) is 6.17. The summed E-state index contributed by atoms with van der Waals surface area (Å²) < 4.78 is 16.8. The monoisotopic (exact) mass is 511 g/mol. The van der Waals surface area contributed by atoms with Crippen LogP contribution in [0, 0.1) is 0 Å². The van der Waals surface area contributed by atoms with Crippen molar-refractivity contribution in [2.45, 2.75) is 39.8 Å². The molecule has 5 nitrogen and oxygen atoms in total. The molecule has 0 spiro atoms. The number of carbonyl (C=O) groups excluding carboxylic acids is 1. The van der Waals surface area contributed by atoms with E-state index in [0.717, 1.165) is 39.9 Å². The van der Waals surface area contributed by atoms with Crippen molar-refractivity contribution >= 4 is 16.6 Å². The van der Waals surface area contributed by atoms with E-state index in [1.54, 1.807) is 14.2 Å². The van der Waals surface area contributed by atoms with Crippen molar-refractivity contribution in [1.82, 2.24) is 4.90 Å². The first-order chi connectivity index (χ1) is 18.3. The fraction of sp³-hybridized carbons (Fsp3) is 0.303. The quantitative estimate of drug-likeness (QED) is 0.199. The van der Waals surface area contributed by atoms with E-state index in [1.165, 1.54) is 0 Å².